The van der Waals surface area contributed by atoms with Crippen LogP contribution in [0.4, 0.5) is 20.3 Å². The molecule has 2 aliphatic heterocycles. The number of hydrogen-bond acceptors (Lipinski definition) is 8. The van der Waals surface area contributed by atoms with E-state index >= 15 is 8.78 Å². The van der Waals surface area contributed by atoms with Crippen LogP contribution >= 0.6 is 0 Å². The number of nitrogens with zero attached hydrogens (tertiary/aromatic N) is 9. The van der Waals surface area contributed by atoms with Crippen molar-refractivity contribution in [1.82, 2.24) is 34.4 Å². The van der Waals surface area contributed by atoms with Crippen LogP contribution in [0.5, 0.6) is 0 Å². The third kappa shape index (κ3) is 5.09. The van der Waals surface area contributed by atoms with Gasteiger partial charge in [-0.25, -0.2) is 23.1 Å². The Balaban J connectivity index is 1.58. The molecule has 0 radical (unpaired) electrons. The number of rotatable bonds is 3. The quantitative estimate of drug-likeness (QED) is 0.257. The number of benzene rings is 2. The predicted octanol–water partition coefficient (Wildman–Crippen LogP) is 4.78. The molecule has 1 saturated heterocycles. The second-order valence-corrected chi connectivity index (χ2v) is 12.6. The summed E-state index contributed by atoms with van der Waals surface area (Å²) in [5.41, 5.74) is 2.01. The Bertz CT molecular complexity index is 2160. The summed E-state index contributed by atoms with van der Waals surface area (Å²) in [6, 6.07) is 11.3. The maximum Gasteiger partial charge on any atom is 0.355 e. The smallest absolute Gasteiger partial charge is 0.355 e. The van der Waals surface area contributed by atoms with Gasteiger partial charge >= 0.3 is 5.69 Å². The Morgan fingerprint density at radius 3 is 2.58 bits per heavy atom. The first kappa shape index (κ1) is 31.2. The van der Waals surface area contributed by atoms with Crippen molar-refractivity contribution in [2.24, 2.45) is 0 Å². The van der Waals surface area contributed by atoms with Gasteiger partial charge in [-0.3, -0.25) is 9.48 Å². The number of amides is 1. The fourth-order valence-corrected chi connectivity index (χ4v) is 6.75. The molecule has 246 valence electrons. The summed E-state index contributed by atoms with van der Waals surface area (Å²) in [7, 11) is 1.93. The average molecular weight is 652 g/mol. The van der Waals surface area contributed by atoms with Crippen LogP contribution in [0.3, 0.4) is 0 Å². The van der Waals surface area contributed by atoms with E-state index in [9.17, 15) is 9.59 Å². The first-order valence-corrected chi connectivity index (χ1v) is 15.9. The van der Waals surface area contributed by atoms with Crippen LogP contribution in [0.1, 0.15) is 32.3 Å². The molecule has 2 aromatic carbocycles. The van der Waals surface area contributed by atoms with Crippen molar-refractivity contribution in [3.8, 4) is 28.2 Å². The van der Waals surface area contributed by atoms with Crippen molar-refractivity contribution in [3.05, 3.63) is 89.0 Å². The van der Waals surface area contributed by atoms with Crippen LogP contribution in [-0.4, -0.2) is 79.6 Å². The Kier molecular flexibility index (Phi) is 7.77. The van der Waals surface area contributed by atoms with Crippen molar-refractivity contribution >= 4 is 28.4 Å². The van der Waals surface area contributed by atoms with Gasteiger partial charge in [0.25, 0.3) is 0 Å². The number of pyridine rings is 1. The Morgan fingerprint density at radius 1 is 1.04 bits per heavy atom. The molecule has 4 bridgehead atoms. The molecule has 1 atom stereocenters. The van der Waals surface area contributed by atoms with Gasteiger partial charge in [-0.2, -0.15) is 4.98 Å². The van der Waals surface area contributed by atoms with E-state index in [2.05, 4.69) is 21.9 Å². The van der Waals surface area contributed by atoms with Crippen LogP contribution in [-0.2, 0) is 11.3 Å². The van der Waals surface area contributed by atoms with Gasteiger partial charge in [-0.1, -0.05) is 49.9 Å². The average Bonchev–Trinajstić information content (AvgIpc) is 3.55. The molecular weight excluding hydrogens is 616 g/mol. The zero-order valence-electron chi connectivity index (χ0n) is 27.2. The predicted molar refractivity (Wildman–Crippen MR) is 180 cm³/mol. The highest BCUT2D eigenvalue weighted by Gasteiger charge is 2.32. The van der Waals surface area contributed by atoms with Crippen molar-refractivity contribution in [2.45, 2.75) is 39.3 Å². The second-order valence-electron chi connectivity index (χ2n) is 12.6. The zero-order valence-corrected chi connectivity index (χ0v) is 27.2. The summed E-state index contributed by atoms with van der Waals surface area (Å²) in [5.74, 6) is -1.44. The highest BCUT2D eigenvalue weighted by Crippen LogP contribution is 2.39. The molecule has 0 saturated carbocycles. The van der Waals surface area contributed by atoms with Crippen molar-refractivity contribution in [3.63, 3.8) is 0 Å². The first-order chi connectivity index (χ1) is 23.1. The van der Waals surface area contributed by atoms with Gasteiger partial charge < -0.3 is 14.7 Å². The molecule has 0 aliphatic carbocycles. The molecule has 5 aromatic rings. The van der Waals surface area contributed by atoms with E-state index in [1.165, 1.54) is 28.8 Å². The number of anilines is 2. The highest BCUT2D eigenvalue weighted by molar-refractivity contribution is 5.93. The van der Waals surface area contributed by atoms with E-state index in [4.69, 9.17) is 4.98 Å². The monoisotopic (exact) mass is 651 g/mol. The van der Waals surface area contributed by atoms with Crippen molar-refractivity contribution in [1.29, 1.82) is 0 Å². The molecule has 13 heteroatoms. The topological polar surface area (TPSA) is 105 Å². The lowest BCUT2D eigenvalue weighted by Crippen LogP contribution is -2.54. The Morgan fingerprint density at radius 2 is 1.83 bits per heavy atom. The number of piperazine rings is 1. The molecule has 0 spiro atoms. The molecule has 1 amide bonds. The van der Waals surface area contributed by atoms with Crippen LogP contribution in [0.15, 0.2) is 66.1 Å². The van der Waals surface area contributed by atoms with E-state index in [-0.39, 0.29) is 46.0 Å². The van der Waals surface area contributed by atoms with Crippen molar-refractivity contribution in [2.75, 3.05) is 43.0 Å². The summed E-state index contributed by atoms with van der Waals surface area (Å²) in [6.07, 6.45) is 2.98. The standard InChI is InChI=1S/C35H35F2N9O2/c1-6-29(47)43-14-16-45(21(4)18-43)33-24-17-26(37)31-30-23(10-7-11-25(30)36)27-19-44(41-40-27)15-13-42(5)28-12-8-9-22(20(2)3)32(28)46(34(24)38-31)35(48)39-33/h6-12,17,19-21H,1,13-16,18H2,2-5H3/t21-/m0/s1. The van der Waals surface area contributed by atoms with Crippen molar-refractivity contribution < 1.29 is 13.6 Å². The fourth-order valence-electron chi connectivity index (χ4n) is 6.75. The molecule has 48 heavy (non-hydrogen) atoms. The molecule has 7 rings (SSSR count). The number of para-hydroxylation sites is 1. The summed E-state index contributed by atoms with van der Waals surface area (Å²) >= 11 is 0. The summed E-state index contributed by atoms with van der Waals surface area (Å²) in [5, 5.41) is 8.85. The van der Waals surface area contributed by atoms with Gasteiger partial charge in [0.05, 0.1) is 29.5 Å². The van der Waals surface area contributed by atoms with Gasteiger partial charge in [-0.15, -0.1) is 5.10 Å². The lowest BCUT2D eigenvalue weighted by atomic mass is 9.98. The van der Waals surface area contributed by atoms with Crippen LogP contribution in [0, 0.1) is 11.6 Å². The molecule has 0 unspecified atom stereocenters. The third-order valence-corrected chi connectivity index (χ3v) is 9.22. The molecule has 5 heterocycles. The molecule has 2 aliphatic rings. The second kappa shape index (κ2) is 12.0. The zero-order chi connectivity index (χ0) is 33.9. The lowest BCUT2D eigenvalue weighted by Gasteiger charge is -2.40. The molecule has 0 N–H and O–H groups in total. The largest absolute Gasteiger partial charge is 0.371 e. The van der Waals surface area contributed by atoms with Crippen LogP contribution in [0.25, 0.3) is 39.2 Å². The SMILES string of the molecule is C=CC(=O)N1CCN(c2nc(=O)n3c4nc(c(F)cc24)-c2c(F)cccc2-c2cn(nn2)CCN(C)c2cccc(C(C)C)c2-3)[C@@H](C)C1. The molecule has 11 nitrogen and oxygen atoms in total. The maximum atomic E-state index is 16.5. The molecule has 1 fully saturated rings. The summed E-state index contributed by atoms with van der Waals surface area (Å²) < 4.78 is 35.5. The third-order valence-electron chi connectivity index (χ3n) is 9.22. The minimum absolute atomic E-state index is 0.0136. The van der Waals surface area contributed by atoms with Crippen LogP contribution < -0.4 is 15.5 Å². The number of fused-ring (bicyclic) bond motifs is 8. The van der Waals surface area contributed by atoms with E-state index < -0.39 is 17.3 Å². The maximum absolute atomic E-state index is 16.5. The minimum atomic E-state index is -0.788. The number of halogens is 2. The fraction of sp³-hybridized carbons (Fsp3) is 0.314. The van der Waals surface area contributed by atoms with Gasteiger partial charge in [0, 0.05) is 50.4 Å². The van der Waals surface area contributed by atoms with E-state index in [0.29, 0.717) is 49.7 Å². The van der Waals surface area contributed by atoms with E-state index in [1.807, 2.05) is 55.8 Å². The number of carbonyl (C=O) groups excluding carboxylic acids is 1. The summed E-state index contributed by atoms with van der Waals surface area (Å²) in [6.45, 7) is 11.6. The van der Waals surface area contributed by atoms with Crippen LogP contribution in [0.2, 0.25) is 0 Å². The number of likely N-dealkylation sites (N-methyl/N-ethyl adjacent to an activating group) is 1. The van der Waals surface area contributed by atoms with E-state index in [0.717, 1.165) is 11.3 Å². The normalized spacial score (nSPS) is 16.2. The molecular formula is C35H35F2N9O2. The Hall–Kier alpha value is -5.46. The lowest BCUT2D eigenvalue weighted by molar-refractivity contribution is -0.126. The van der Waals surface area contributed by atoms with Gasteiger partial charge in [0.2, 0.25) is 5.91 Å². The summed E-state index contributed by atoms with van der Waals surface area (Å²) in [4.78, 5) is 41.9. The van der Waals surface area contributed by atoms with Gasteiger partial charge in [0.15, 0.2) is 11.5 Å². The number of aromatic nitrogens is 6. The Labute approximate surface area is 275 Å². The molecule has 3 aromatic heterocycles. The van der Waals surface area contributed by atoms with E-state index in [1.54, 1.807) is 21.8 Å². The highest BCUT2D eigenvalue weighted by atomic mass is 19.1. The number of hydrogen-bond donors (Lipinski definition) is 0. The minimum Gasteiger partial charge on any atom is -0.371 e. The number of carbonyl (C=O) groups is 1. The van der Waals surface area contributed by atoms with Gasteiger partial charge in [0.1, 0.15) is 23.0 Å². The van der Waals surface area contributed by atoms with Gasteiger partial charge in [-0.05, 0) is 42.7 Å². The first-order valence-electron chi connectivity index (χ1n) is 15.9.